The van der Waals surface area contributed by atoms with Crippen LogP contribution in [0.4, 0.5) is 0 Å². The minimum Gasteiger partial charge on any atom is -0.368 e. The highest BCUT2D eigenvalue weighted by Crippen LogP contribution is 2.29. The minimum atomic E-state index is -0.333. The lowest BCUT2D eigenvalue weighted by Crippen LogP contribution is -2.41. The van der Waals surface area contributed by atoms with Crippen molar-refractivity contribution in [2.75, 3.05) is 19.7 Å². The molecule has 1 amide bonds. The smallest absolute Gasteiger partial charge is 0.251 e. The number of hydrogen-bond donors (Lipinski definition) is 0. The van der Waals surface area contributed by atoms with Gasteiger partial charge in [0.15, 0.2) is 0 Å². The highest BCUT2D eigenvalue weighted by molar-refractivity contribution is 5.80. The van der Waals surface area contributed by atoms with Crippen LogP contribution < -0.4 is 0 Å². The summed E-state index contributed by atoms with van der Waals surface area (Å²) in [5.41, 5.74) is 1.03. The number of carbonyl (C=O) groups excluding carboxylic acids is 1. The topological polar surface area (TPSA) is 42.4 Å². The third-order valence-electron chi connectivity index (χ3n) is 3.80. The van der Waals surface area contributed by atoms with E-state index in [1.807, 2.05) is 30.0 Å². The number of nitrogens with zero attached hydrogens (tertiary/aromatic N) is 2. The van der Waals surface area contributed by atoms with E-state index in [-0.39, 0.29) is 12.0 Å². The predicted molar refractivity (Wildman–Crippen MR) is 83.0 cm³/mol. The molecule has 1 atom stereocenters. The van der Waals surface area contributed by atoms with Crippen molar-refractivity contribution in [2.45, 2.75) is 45.6 Å². The van der Waals surface area contributed by atoms with E-state index in [0.717, 1.165) is 31.7 Å². The molecule has 0 aliphatic heterocycles. The quantitative estimate of drug-likeness (QED) is 0.702. The molecular weight excluding hydrogens is 264 g/mol. The summed E-state index contributed by atoms with van der Waals surface area (Å²) in [4.78, 5) is 18.7. The van der Waals surface area contributed by atoms with Gasteiger partial charge in [0.2, 0.25) is 0 Å². The van der Waals surface area contributed by atoms with Crippen LogP contribution in [0, 0.1) is 5.92 Å². The maximum atomic E-state index is 12.5. The number of pyridine rings is 1. The Labute approximate surface area is 127 Å². The van der Waals surface area contributed by atoms with E-state index >= 15 is 0 Å². The lowest BCUT2D eigenvalue weighted by molar-refractivity contribution is -0.143. The normalized spacial score (nSPS) is 15.7. The van der Waals surface area contributed by atoms with Crippen molar-refractivity contribution in [3.8, 4) is 0 Å². The molecule has 0 N–H and O–H groups in total. The predicted octanol–water partition coefficient (Wildman–Crippen LogP) is 2.68. The van der Waals surface area contributed by atoms with E-state index in [0.29, 0.717) is 12.5 Å². The molecule has 1 saturated carbocycles. The second kappa shape index (κ2) is 8.13. The fraction of sp³-hybridized carbons (Fsp3) is 0.647. The van der Waals surface area contributed by atoms with Crippen LogP contribution in [0.25, 0.3) is 0 Å². The Morgan fingerprint density at radius 2 is 2.24 bits per heavy atom. The molecule has 0 saturated heterocycles. The number of carbonyl (C=O) groups is 1. The molecule has 21 heavy (non-hydrogen) atoms. The second-order valence-corrected chi connectivity index (χ2v) is 5.82. The van der Waals surface area contributed by atoms with E-state index in [9.17, 15) is 4.79 Å². The van der Waals surface area contributed by atoms with Gasteiger partial charge in [-0.05, 0) is 44.2 Å². The summed E-state index contributed by atoms with van der Waals surface area (Å²) >= 11 is 0. The molecule has 1 fully saturated rings. The van der Waals surface area contributed by atoms with Crippen molar-refractivity contribution in [1.82, 2.24) is 9.88 Å². The summed E-state index contributed by atoms with van der Waals surface area (Å²) in [5, 5.41) is 0. The SMILES string of the molecule is CCCN(CCc1ccccn1)C(=O)[C@@H](C)OCC1CC1. The summed E-state index contributed by atoms with van der Waals surface area (Å²) in [6, 6.07) is 5.89. The van der Waals surface area contributed by atoms with Gasteiger partial charge in [-0.1, -0.05) is 13.0 Å². The summed E-state index contributed by atoms with van der Waals surface area (Å²) < 4.78 is 5.70. The van der Waals surface area contributed by atoms with Gasteiger partial charge in [0, 0.05) is 31.4 Å². The Balaban J connectivity index is 1.82. The highest BCUT2D eigenvalue weighted by Gasteiger charge is 2.26. The molecule has 2 rings (SSSR count). The van der Waals surface area contributed by atoms with Crippen LogP contribution in [0.5, 0.6) is 0 Å². The van der Waals surface area contributed by atoms with E-state index in [4.69, 9.17) is 4.74 Å². The molecule has 0 radical (unpaired) electrons. The lowest BCUT2D eigenvalue weighted by atomic mass is 10.2. The van der Waals surface area contributed by atoms with Crippen LogP contribution in [-0.2, 0) is 16.0 Å². The standard InChI is InChI=1S/C17H26N2O2/c1-3-11-19(12-9-16-6-4-5-10-18-16)17(20)14(2)21-13-15-7-8-15/h4-6,10,14-15H,3,7-9,11-13H2,1-2H3/t14-/m1/s1. The van der Waals surface area contributed by atoms with Crippen molar-refractivity contribution in [3.05, 3.63) is 30.1 Å². The van der Waals surface area contributed by atoms with Gasteiger partial charge in [-0.2, -0.15) is 0 Å². The van der Waals surface area contributed by atoms with E-state index in [1.165, 1.54) is 12.8 Å². The average molecular weight is 290 g/mol. The first-order valence-electron chi connectivity index (χ1n) is 8.01. The summed E-state index contributed by atoms with van der Waals surface area (Å²) in [7, 11) is 0. The molecule has 1 heterocycles. The fourth-order valence-electron chi connectivity index (χ4n) is 2.29. The Morgan fingerprint density at radius 1 is 1.43 bits per heavy atom. The summed E-state index contributed by atoms with van der Waals surface area (Å²) in [5.74, 6) is 0.793. The molecule has 0 spiro atoms. The Bertz CT molecular complexity index is 432. The Morgan fingerprint density at radius 3 is 2.86 bits per heavy atom. The zero-order valence-electron chi connectivity index (χ0n) is 13.1. The van der Waals surface area contributed by atoms with Crippen LogP contribution in [-0.4, -0.2) is 41.6 Å². The van der Waals surface area contributed by atoms with Crippen LogP contribution >= 0.6 is 0 Å². The molecule has 1 aromatic heterocycles. The Hall–Kier alpha value is -1.42. The maximum absolute atomic E-state index is 12.5. The third kappa shape index (κ3) is 5.46. The Kier molecular flexibility index (Phi) is 6.18. The molecule has 1 aliphatic rings. The van der Waals surface area contributed by atoms with Gasteiger partial charge >= 0.3 is 0 Å². The summed E-state index contributed by atoms with van der Waals surface area (Å²) in [6.07, 6.45) is 5.72. The molecule has 0 unspecified atom stereocenters. The molecule has 116 valence electrons. The molecule has 1 aromatic rings. The fourth-order valence-corrected chi connectivity index (χ4v) is 2.29. The minimum absolute atomic E-state index is 0.105. The third-order valence-corrected chi connectivity index (χ3v) is 3.80. The largest absolute Gasteiger partial charge is 0.368 e. The van der Waals surface area contributed by atoms with Crippen molar-refractivity contribution >= 4 is 5.91 Å². The molecule has 4 heteroatoms. The first-order valence-corrected chi connectivity index (χ1v) is 8.01. The molecule has 0 aromatic carbocycles. The van der Waals surface area contributed by atoms with E-state index in [1.54, 1.807) is 6.20 Å². The van der Waals surface area contributed by atoms with Gasteiger partial charge in [-0.25, -0.2) is 0 Å². The molecule has 1 aliphatic carbocycles. The lowest BCUT2D eigenvalue weighted by Gasteiger charge is -2.25. The molecule has 0 bridgehead atoms. The van der Waals surface area contributed by atoms with Gasteiger partial charge in [0.25, 0.3) is 5.91 Å². The maximum Gasteiger partial charge on any atom is 0.251 e. The number of hydrogen-bond acceptors (Lipinski definition) is 3. The van der Waals surface area contributed by atoms with E-state index < -0.39 is 0 Å². The van der Waals surface area contributed by atoms with Crippen molar-refractivity contribution in [1.29, 1.82) is 0 Å². The number of aromatic nitrogens is 1. The second-order valence-electron chi connectivity index (χ2n) is 5.82. The van der Waals surface area contributed by atoms with Crippen LogP contribution in [0.1, 0.15) is 38.8 Å². The van der Waals surface area contributed by atoms with Gasteiger partial charge in [-0.3, -0.25) is 9.78 Å². The van der Waals surface area contributed by atoms with Crippen LogP contribution in [0.15, 0.2) is 24.4 Å². The van der Waals surface area contributed by atoms with Crippen molar-refractivity contribution < 1.29 is 9.53 Å². The first kappa shape index (κ1) is 16.0. The number of amides is 1. The highest BCUT2D eigenvalue weighted by atomic mass is 16.5. The number of ether oxygens (including phenoxy) is 1. The molecule has 4 nitrogen and oxygen atoms in total. The first-order chi connectivity index (χ1) is 10.2. The average Bonchev–Trinajstić information content (AvgIpc) is 3.33. The van der Waals surface area contributed by atoms with Gasteiger partial charge in [-0.15, -0.1) is 0 Å². The van der Waals surface area contributed by atoms with Crippen molar-refractivity contribution in [3.63, 3.8) is 0 Å². The van der Waals surface area contributed by atoms with Gasteiger partial charge in [0.1, 0.15) is 6.10 Å². The van der Waals surface area contributed by atoms with Gasteiger partial charge in [0.05, 0.1) is 6.61 Å². The van der Waals surface area contributed by atoms with Crippen LogP contribution in [0.3, 0.4) is 0 Å². The molecular formula is C17H26N2O2. The van der Waals surface area contributed by atoms with Gasteiger partial charge < -0.3 is 9.64 Å². The zero-order valence-corrected chi connectivity index (χ0v) is 13.1. The number of rotatable bonds is 9. The van der Waals surface area contributed by atoms with Crippen molar-refractivity contribution in [2.24, 2.45) is 5.92 Å². The monoisotopic (exact) mass is 290 g/mol. The van der Waals surface area contributed by atoms with E-state index in [2.05, 4.69) is 11.9 Å². The van der Waals surface area contributed by atoms with Crippen LogP contribution in [0.2, 0.25) is 0 Å². The zero-order chi connectivity index (χ0) is 15.1. The summed E-state index contributed by atoms with van der Waals surface area (Å²) in [6.45, 7) is 6.18.